The molecule has 1 aliphatic rings. The Morgan fingerprint density at radius 3 is 2.75 bits per heavy atom. The number of hydrogen-bond donors (Lipinski definition) is 1. The van der Waals surface area contributed by atoms with Crippen LogP contribution < -0.4 is 10.1 Å². The lowest BCUT2D eigenvalue weighted by molar-refractivity contribution is 0.0857. The van der Waals surface area contributed by atoms with E-state index in [4.69, 9.17) is 9.47 Å². The van der Waals surface area contributed by atoms with E-state index in [1.165, 1.54) is 0 Å². The maximum Gasteiger partial charge on any atom is 0.251 e. The van der Waals surface area contributed by atoms with E-state index >= 15 is 0 Å². The van der Waals surface area contributed by atoms with Crippen LogP contribution in [0.1, 0.15) is 37.0 Å². The van der Waals surface area contributed by atoms with E-state index in [2.05, 4.69) is 19.2 Å². The van der Waals surface area contributed by atoms with Crippen LogP contribution in [-0.2, 0) is 4.74 Å². The lowest BCUT2D eigenvalue weighted by Crippen LogP contribution is -2.31. The Morgan fingerprint density at radius 1 is 1.40 bits per heavy atom. The van der Waals surface area contributed by atoms with Gasteiger partial charge in [0, 0.05) is 18.7 Å². The Balaban J connectivity index is 1.80. The normalized spacial score (nSPS) is 18.2. The molecule has 1 heterocycles. The number of carbonyl (C=O) groups is 1. The molecule has 4 heteroatoms. The molecule has 0 saturated carbocycles. The van der Waals surface area contributed by atoms with Crippen molar-refractivity contribution >= 4 is 5.91 Å². The molecule has 1 aromatic carbocycles. The summed E-state index contributed by atoms with van der Waals surface area (Å²) in [5.74, 6) is 1.23. The zero-order chi connectivity index (χ0) is 14.4. The van der Waals surface area contributed by atoms with Crippen LogP contribution in [0, 0.1) is 5.92 Å². The lowest BCUT2D eigenvalue weighted by atomic mass is 10.2. The molecule has 4 nitrogen and oxygen atoms in total. The summed E-state index contributed by atoms with van der Waals surface area (Å²) in [7, 11) is 0. The molecule has 20 heavy (non-hydrogen) atoms. The van der Waals surface area contributed by atoms with E-state index in [0.29, 0.717) is 24.6 Å². The minimum Gasteiger partial charge on any atom is -0.493 e. The summed E-state index contributed by atoms with van der Waals surface area (Å²) in [6.45, 7) is 6.29. The average Bonchev–Trinajstić information content (AvgIpc) is 2.96. The second-order valence-electron chi connectivity index (χ2n) is 5.57. The lowest BCUT2D eigenvalue weighted by Gasteiger charge is -2.11. The molecule has 1 saturated heterocycles. The molecule has 1 atom stereocenters. The van der Waals surface area contributed by atoms with E-state index in [1.807, 2.05) is 12.1 Å². The Bertz CT molecular complexity index is 422. The molecular weight excluding hydrogens is 254 g/mol. The molecule has 110 valence electrons. The van der Waals surface area contributed by atoms with E-state index in [9.17, 15) is 4.79 Å². The van der Waals surface area contributed by atoms with Gasteiger partial charge in [0.15, 0.2) is 0 Å². The van der Waals surface area contributed by atoms with Crippen molar-refractivity contribution in [3.8, 4) is 5.75 Å². The molecule has 1 amide bonds. The van der Waals surface area contributed by atoms with Crippen LogP contribution in [0.4, 0.5) is 0 Å². The molecule has 0 aliphatic carbocycles. The molecule has 1 aromatic rings. The number of ether oxygens (including phenoxy) is 2. The fourth-order valence-corrected chi connectivity index (χ4v) is 2.08. The standard InChI is InChI=1S/C16H23NO3/c1-12(2)11-20-14-7-5-13(6-8-14)16(18)17-10-15-4-3-9-19-15/h5-8,12,15H,3-4,9-11H2,1-2H3,(H,17,18). The highest BCUT2D eigenvalue weighted by atomic mass is 16.5. The zero-order valence-corrected chi connectivity index (χ0v) is 12.2. The van der Waals surface area contributed by atoms with Crippen molar-refractivity contribution in [2.24, 2.45) is 5.92 Å². The van der Waals surface area contributed by atoms with Gasteiger partial charge in [-0.25, -0.2) is 0 Å². The Labute approximate surface area is 120 Å². The first-order chi connectivity index (χ1) is 9.65. The minimum atomic E-state index is -0.0593. The van der Waals surface area contributed by atoms with Crippen molar-refractivity contribution in [2.45, 2.75) is 32.8 Å². The summed E-state index contributed by atoms with van der Waals surface area (Å²) in [5, 5.41) is 2.91. The van der Waals surface area contributed by atoms with E-state index in [1.54, 1.807) is 12.1 Å². The highest BCUT2D eigenvalue weighted by Gasteiger charge is 2.16. The van der Waals surface area contributed by atoms with Crippen molar-refractivity contribution < 1.29 is 14.3 Å². The van der Waals surface area contributed by atoms with Crippen LogP contribution in [0.15, 0.2) is 24.3 Å². The molecule has 0 aromatic heterocycles. The van der Waals surface area contributed by atoms with Crippen LogP contribution in [0.25, 0.3) is 0 Å². The third kappa shape index (κ3) is 4.53. The molecule has 0 bridgehead atoms. The molecule has 2 rings (SSSR count). The Kier molecular flexibility index (Phi) is 5.41. The topological polar surface area (TPSA) is 47.6 Å². The van der Waals surface area contributed by atoms with E-state index < -0.39 is 0 Å². The van der Waals surface area contributed by atoms with Crippen LogP contribution in [0.5, 0.6) is 5.75 Å². The zero-order valence-electron chi connectivity index (χ0n) is 12.2. The van der Waals surface area contributed by atoms with Crippen LogP contribution in [0.2, 0.25) is 0 Å². The van der Waals surface area contributed by atoms with Crippen LogP contribution in [0.3, 0.4) is 0 Å². The predicted molar refractivity (Wildman–Crippen MR) is 78.1 cm³/mol. The maximum absolute atomic E-state index is 12.0. The molecule has 1 aliphatic heterocycles. The second kappa shape index (κ2) is 7.29. The molecular formula is C16H23NO3. The maximum atomic E-state index is 12.0. The number of carbonyl (C=O) groups excluding carboxylic acids is 1. The third-order valence-electron chi connectivity index (χ3n) is 3.21. The fourth-order valence-electron chi connectivity index (χ4n) is 2.08. The van der Waals surface area contributed by atoms with Crippen molar-refractivity contribution in [2.75, 3.05) is 19.8 Å². The van der Waals surface area contributed by atoms with Crippen molar-refractivity contribution in [1.29, 1.82) is 0 Å². The Morgan fingerprint density at radius 2 is 2.15 bits per heavy atom. The quantitative estimate of drug-likeness (QED) is 0.869. The molecule has 1 fully saturated rings. The van der Waals surface area contributed by atoms with Gasteiger partial charge in [-0.1, -0.05) is 13.8 Å². The highest BCUT2D eigenvalue weighted by molar-refractivity contribution is 5.94. The number of hydrogen-bond acceptors (Lipinski definition) is 3. The summed E-state index contributed by atoms with van der Waals surface area (Å²) in [4.78, 5) is 12.0. The van der Waals surface area contributed by atoms with Gasteiger partial charge in [-0.05, 0) is 43.0 Å². The van der Waals surface area contributed by atoms with Gasteiger partial charge in [0.1, 0.15) is 5.75 Å². The molecule has 0 radical (unpaired) electrons. The monoisotopic (exact) mass is 277 g/mol. The highest BCUT2D eigenvalue weighted by Crippen LogP contribution is 2.14. The number of benzene rings is 1. The molecule has 1 N–H and O–H groups in total. The number of rotatable bonds is 6. The van der Waals surface area contributed by atoms with Gasteiger partial charge < -0.3 is 14.8 Å². The van der Waals surface area contributed by atoms with Gasteiger partial charge >= 0.3 is 0 Å². The van der Waals surface area contributed by atoms with Gasteiger partial charge in [0.25, 0.3) is 5.91 Å². The van der Waals surface area contributed by atoms with E-state index in [-0.39, 0.29) is 12.0 Å². The van der Waals surface area contributed by atoms with Crippen LogP contribution >= 0.6 is 0 Å². The number of nitrogens with one attached hydrogen (secondary N) is 1. The second-order valence-corrected chi connectivity index (χ2v) is 5.57. The summed E-state index contributed by atoms with van der Waals surface area (Å²) in [6, 6.07) is 7.26. The SMILES string of the molecule is CC(C)COc1ccc(C(=O)NCC2CCCO2)cc1. The molecule has 0 spiro atoms. The summed E-state index contributed by atoms with van der Waals surface area (Å²) in [6.07, 6.45) is 2.29. The summed E-state index contributed by atoms with van der Waals surface area (Å²) >= 11 is 0. The van der Waals surface area contributed by atoms with E-state index in [0.717, 1.165) is 25.2 Å². The first-order valence-corrected chi connectivity index (χ1v) is 7.28. The largest absolute Gasteiger partial charge is 0.493 e. The van der Waals surface area contributed by atoms with Gasteiger partial charge in [-0.15, -0.1) is 0 Å². The third-order valence-corrected chi connectivity index (χ3v) is 3.21. The first kappa shape index (κ1) is 14.9. The average molecular weight is 277 g/mol. The summed E-state index contributed by atoms with van der Waals surface area (Å²) < 4.78 is 11.1. The van der Waals surface area contributed by atoms with Gasteiger partial charge in [0.05, 0.1) is 12.7 Å². The van der Waals surface area contributed by atoms with Gasteiger partial charge in [0.2, 0.25) is 0 Å². The van der Waals surface area contributed by atoms with Gasteiger partial charge in [-0.3, -0.25) is 4.79 Å². The van der Waals surface area contributed by atoms with Crippen LogP contribution in [-0.4, -0.2) is 31.8 Å². The van der Waals surface area contributed by atoms with Crippen molar-refractivity contribution in [3.05, 3.63) is 29.8 Å². The number of amides is 1. The predicted octanol–water partition coefficient (Wildman–Crippen LogP) is 2.63. The van der Waals surface area contributed by atoms with Gasteiger partial charge in [-0.2, -0.15) is 0 Å². The smallest absolute Gasteiger partial charge is 0.251 e. The minimum absolute atomic E-state index is 0.0593. The van der Waals surface area contributed by atoms with Crippen molar-refractivity contribution in [3.63, 3.8) is 0 Å². The fraction of sp³-hybridized carbons (Fsp3) is 0.562. The Hall–Kier alpha value is -1.55. The molecule has 1 unspecified atom stereocenters. The summed E-state index contributed by atoms with van der Waals surface area (Å²) in [5.41, 5.74) is 0.653. The van der Waals surface area contributed by atoms with Crippen molar-refractivity contribution in [1.82, 2.24) is 5.32 Å². The first-order valence-electron chi connectivity index (χ1n) is 7.28.